The Morgan fingerprint density at radius 2 is 1.87 bits per heavy atom. The molecular formula is C24H24N4O2. The molecule has 1 N–H and O–H groups in total. The van der Waals surface area contributed by atoms with E-state index < -0.39 is 0 Å². The summed E-state index contributed by atoms with van der Waals surface area (Å²) in [6.45, 7) is 0.722. The van der Waals surface area contributed by atoms with Gasteiger partial charge in [-0.2, -0.15) is 4.98 Å². The first-order valence-electron chi connectivity index (χ1n) is 10.3. The van der Waals surface area contributed by atoms with Gasteiger partial charge in [-0.25, -0.2) is 4.98 Å². The minimum atomic E-state index is -0.223. The van der Waals surface area contributed by atoms with E-state index in [2.05, 4.69) is 10.3 Å². The van der Waals surface area contributed by atoms with Crippen molar-refractivity contribution in [3.8, 4) is 5.75 Å². The van der Waals surface area contributed by atoms with E-state index in [0.29, 0.717) is 18.3 Å². The largest absolute Gasteiger partial charge is 0.497 e. The number of benzene rings is 2. The number of carbonyl (C=O) groups excluding carboxylic acids is 1. The van der Waals surface area contributed by atoms with Crippen molar-refractivity contribution in [3.05, 3.63) is 71.9 Å². The van der Waals surface area contributed by atoms with Crippen molar-refractivity contribution in [2.75, 3.05) is 23.9 Å². The van der Waals surface area contributed by atoms with Crippen LogP contribution >= 0.6 is 0 Å². The van der Waals surface area contributed by atoms with Gasteiger partial charge in [-0.1, -0.05) is 30.3 Å². The zero-order chi connectivity index (χ0) is 20.5. The third-order valence-corrected chi connectivity index (χ3v) is 5.77. The number of carbonyl (C=O) groups is 1. The molecule has 5 rings (SSSR count). The quantitative estimate of drug-likeness (QED) is 0.668. The van der Waals surface area contributed by atoms with Crippen molar-refractivity contribution in [2.24, 2.45) is 5.92 Å². The van der Waals surface area contributed by atoms with Crippen molar-refractivity contribution in [2.45, 2.75) is 25.2 Å². The minimum Gasteiger partial charge on any atom is -0.497 e. The monoisotopic (exact) mass is 400 g/mol. The molecule has 0 bridgehead atoms. The van der Waals surface area contributed by atoms with Crippen LogP contribution < -0.4 is 15.0 Å². The molecule has 2 heterocycles. The van der Waals surface area contributed by atoms with Crippen LogP contribution in [0.25, 0.3) is 0 Å². The molecule has 0 saturated heterocycles. The van der Waals surface area contributed by atoms with Crippen molar-refractivity contribution >= 4 is 23.4 Å². The van der Waals surface area contributed by atoms with E-state index in [1.54, 1.807) is 7.11 Å². The van der Waals surface area contributed by atoms with Gasteiger partial charge in [-0.3, -0.25) is 9.69 Å². The Labute approximate surface area is 175 Å². The smallest absolute Gasteiger partial charge is 0.236 e. The van der Waals surface area contributed by atoms with Gasteiger partial charge < -0.3 is 10.1 Å². The lowest BCUT2D eigenvalue weighted by atomic mass is 9.88. The zero-order valence-electron chi connectivity index (χ0n) is 16.9. The van der Waals surface area contributed by atoms with Crippen LogP contribution in [0.2, 0.25) is 0 Å². The Morgan fingerprint density at radius 3 is 2.57 bits per heavy atom. The van der Waals surface area contributed by atoms with Crippen molar-refractivity contribution < 1.29 is 9.53 Å². The molecule has 1 atom stereocenters. The summed E-state index contributed by atoms with van der Waals surface area (Å²) < 4.78 is 5.26. The highest BCUT2D eigenvalue weighted by atomic mass is 16.5. The molecule has 30 heavy (non-hydrogen) atoms. The second-order valence-corrected chi connectivity index (χ2v) is 7.96. The molecule has 1 fully saturated rings. The van der Waals surface area contributed by atoms with Crippen LogP contribution in [0, 0.1) is 5.92 Å². The summed E-state index contributed by atoms with van der Waals surface area (Å²) in [5.41, 5.74) is 2.93. The Balaban J connectivity index is 1.47. The molecule has 1 saturated carbocycles. The second kappa shape index (κ2) is 7.78. The minimum absolute atomic E-state index is 0.115. The summed E-state index contributed by atoms with van der Waals surface area (Å²) in [5, 5.41) is 3.24. The first kappa shape index (κ1) is 18.6. The number of nitrogens with zero attached hydrogens (tertiary/aromatic N) is 3. The Morgan fingerprint density at radius 1 is 1.10 bits per heavy atom. The van der Waals surface area contributed by atoms with Gasteiger partial charge >= 0.3 is 0 Å². The molecule has 2 aromatic carbocycles. The summed E-state index contributed by atoms with van der Waals surface area (Å²) in [5.74, 6) is 2.50. The van der Waals surface area contributed by atoms with Gasteiger partial charge in [0.1, 0.15) is 11.6 Å². The van der Waals surface area contributed by atoms with E-state index >= 15 is 0 Å². The normalized spacial score (nSPS) is 18.1. The van der Waals surface area contributed by atoms with Crippen LogP contribution in [-0.4, -0.2) is 29.5 Å². The molecule has 6 heteroatoms. The fraction of sp³-hybridized carbons (Fsp3) is 0.292. The lowest BCUT2D eigenvalue weighted by Crippen LogP contribution is -2.42. The fourth-order valence-electron chi connectivity index (χ4n) is 3.92. The Hall–Kier alpha value is -3.41. The molecule has 1 amide bonds. The number of aromatic nitrogens is 2. The number of para-hydroxylation sites is 1. The Kier molecular flexibility index (Phi) is 4.83. The average Bonchev–Trinajstić information content (AvgIpc) is 3.61. The van der Waals surface area contributed by atoms with Crippen LogP contribution in [0.4, 0.5) is 17.5 Å². The predicted octanol–water partition coefficient (Wildman–Crippen LogP) is 4.31. The van der Waals surface area contributed by atoms with Gasteiger partial charge in [0.2, 0.25) is 11.9 Å². The molecule has 1 aliphatic carbocycles. The zero-order valence-corrected chi connectivity index (χ0v) is 16.9. The van der Waals surface area contributed by atoms with Crippen molar-refractivity contribution in [1.82, 2.24) is 9.97 Å². The van der Waals surface area contributed by atoms with Gasteiger partial charge in [-0.05, 0) is 55.0 Å². The van der Waals surface area contributed by atoms with Gasteiger partial charge in [-0.15, -0.1) is 0 Å². The molecular weight excluding hydrogens is 376 g/mol. The molecule has 0 radical (unpaired) electrons. The average molecular weight is 400 g/mol. The molecule has 2 aliphatic rings. The van der Waals surface area contributed by atoms with E-state index in [1.807, 2.05) is 65.7 Å². The first-order valence-corrected chi connectivity index (χ1v) is 10.3. The lowest BCUT2D eigenvalue weighted by molar-refractivity contribution is -0.120. The molecule has 1 aromatic heterocycles. The molecule has 152 valence electrons. The predicted molar refractivity (Wildman–Crippen MR) is 116 cm³/mol. The van der Waals surface area contributed by atoms with E-state index in [4.69, 9.17) is 9.72 Å². The molecule has 1 unspecified atom stereocenters. The highest BCUT2D eigenvalue weighted by Crippen LogP contribution is 2.39. The summed E-state index contributed by atoms with van der Waals surface area (Å²) >= 11 is 0. The van der Waals surface area contributed by atoms with Crippen LogP contribution in [0.5, 0.6) is 5.75 Å². The number of amides is 1. The van der Waals surface area contributed by atoms with E-state index in [0.717, 1.165) is 34.9 Å². The lowest BCUT2D eigenvalue weighted by Gasteiger charge is -2.33. The standard InChI is InChI=1S/C24H24N4O2/c1-30-20-11-9-17(10-12-20)21-13-18-14-25-24(26-19-5-3-2-4-6-19)27-22(18)28(23(21)29)15-16-7-8-16/h2-6,9-12,14,16,21H,7-8,13,15H2,1H3,(H,25,26,27). The maximum atomic E-state index is 13.5. The third kappa shape index (κ3) is 3.73. The molecule has 6 nitrogen and oxygen atoms in total. The summed E-state index contributed by atoms with van der Waals surface area (Å²) in [6.07, 6.45) is 4.81. The highest BCUT2D eigenvalue weighted by molar-refractivity contribution is 6.00. The first-order chi connectivity index (χ1) is 14.7. The Bertz CT molecular complexity index is 1050. The van der Waals surface area contributed by atoms with Crippen LogP contribution in [-0.2, 0) is 11.2 Å². The highest BCUT2D eigenvalue weighted by Gasteiger charge is 2.38. The van der Waals surface area contributed by atoms with Gasteiger partial charge in [0.05, 0.1) is 13.0 Å². The molecule has 3 aromatic rings. The van der Waals surface area contributed by atoms with E-state index in [1.165, 1.54) is 12.8 Å². The van der Waals surface area contributed by atoms with Gasteiger partial charge in [0, 0.05) is 24.0 Å². The fourth-order valence-corrected chi connectivity index (χ4v) is 3.92. The van der Waals surface area contributed by atoms with Gasteiger partial charge in [0.25, 0.3) is 0 Å². The SMILES string of the molecule is COc1ccc(C2Cc3cnc(Nc4ccccc4)nc3N(CC3CC3)C2=O)cc1. The summed E-state index contributed by atoms with van der Waals surface area (Å²) in [6, 6.07) is 17.6. The maximum Gasteiger partial charge on any atom is 0.236 e. The number of ether oxygens (including phenoxy) is 1. The number of hydrogen-bond donors (Lipinski definition) is 1. The van der Waals surface area contributed by atoms with Crippen LogP contribution in [0.3, 0.4) is 0 Å². The number of nitrogens with one attached hydrogen (secondary N) is 1. The second-order valence-electron chi connectivity index (χ2n) is 7.96. The topological polar surface area (TPSA) is 67.3 Å². The van der Waals surface area contributed by atoms with Gasteiger partial charge in [0.15, 0.2) is 0 Å². The maximum absolute atomic E-state index is 13.5. The third-order valence-electron chi connectivity index (χ3n) is 5.77. The number of hydrogen-bond acceptors (Lipinski definition) is 5. The molecule has 1 aliphatic heterocycles. The summed E-state index contributed by atoms with van der Waals surface area (Å²) in [4.78, 5) is 24.6. The van der Waals surface area contributed by atoms with Crippen molar-refractivity contribution in [1.29, 1.82) is 0 Å². The number of methoxy groups -OCH3 is 1. The van der Waals surface area contributed by atoms with E-state index in [9.17, 15) is 4.79 Å². The number of fused-ring (bicyclic) bond motifs is 1. The summed E-state index contributed by atoms with van der Waals surface area (Å²) in [7, 11) is 1.65. The van der Waals surface area contributed by atoms with E-state index in [-0.39, 0.29) is 11.8 Å². The van der Waals surface area contributed by atoms with Crippen LogP contribution in [0.1, 0.15) is 29.9 Å². The number of anilines is 3. The van der Waals surface area contributed by atoms with Crippen LogP contribution in [0.15, 0.2) is 60.8 Å². The van der Waals surface area contributed by atoms with Crippen molar-refractivity contribution in [3.63, 3.8) is 0 Å². The number of rotatable bonds is 6. The molecule has 0 spiro atoms.